The summed E-state index contributed by atoms with van der Waals surface area (Å²) in [7, 11) is 0. The van der Waals surface area contributed by atoms with E-state index >= 15 is 0 Å². The van der Waals surface area contributed by atoms with Crippen LogP contribution in [-0.2, 0) is 0 Å². The monoisotopic (exact) mass is 176 g/mol. The molecule has 0 radical (unpaired) electrons. The van der Waals surface area contributed by atoms with Gasteiger partial charge in [0, 0.05) is 18.4 Å². The van der Waals surface area contributed by atoms with E-state index in [2.05, 4.69) is 17.1 Å². The first-order valence-corrected chi connectivity index (χ1v) is 5.03. The van der Waals surface area contributed by atoms with Gasteiger partial charge in [-0.15, -0.1) is 0 Å². The summed E-state index contributed by atoms with van der Waals surface area (Å²) in [5.41, 5.74) is 7.45. The molecule has 2 unspecified atom stereocenters. The summed E-state index contributed by atoms with van der Waals surface area (Å²) in [5.74, 6) is 0.566. The number of nitrogens with zero attached hydrogens (tertiary/aromatic N) is 1. The Hall–Kier alpha value is -0.890. The van der Waals surface area contributed by atoms with Crippen molar-refractivity contribution >= 4 is 0 Å². The lowest BCUT2D eigenvalue weighted by Gasteiger charge is -2.28. The first-order chi connectivity index (χ1) is 6.38. The van der Waals surface area contributed by atoms with Crippen molar-refractivity contribution in [3.8, 4) is 0 Å². The van der Waals surface area contributed by atoms with Crippen LogP contribution in [0.5, 0.6) is 0 Å². The lowest BCUT2D eigenvalue weighted by molar-refractivity contribution is 0.385. The number of hydrogen-bond acceptors (Lipinski definition) is 2. The van der Waals surface area contributed by atoms with Crippen molar-refractivity contribution in [3.05, 3.63) is 30.1 Å². The molecule has 0 spiro atoms. The van der Waals surface area contributed by atoms with Gasteiger partial charge in [0.1, 0.15) is 0 Å². The maximum Gasteiger partial charge on any atom is 0.0270 e. The average Bonchev–Trinajstić information content (AvgIpc) is 2.20. The lowest BCUT2D eigenvalue weighted by atomic mass is 9.81. The molecular weight excluding hydrogens is 160 g/mol. The quantitative estimate of drug-likeness (QED) is 0.711. The van der Waals surface area contributed by atoms with E-state index in [1.807, 2.05) is 12.4 Å². The zero-order valence-corrected chi connectivity index (χ0v) is 7.82. The number of pyridine rings is 1. The molecule has 2 rings (SSSR count). The summed E-state index contributed by atoms with van der Waals surface area (Å²) >= 11 is 0. The molecule has 0 bridgehead atoms. The molecule has 2 nitrogen and oxygen atoms in total. The maximum atomic E-state index is 6.09. The molecule has 13 heavy (non-hydrogen) atoms. The smallest absolute Gasteiger partial charge is 0.0270 e. The van der Waals surface area contributed by atoms with Crippen LogP contribution in [0.4, 0.5) is 0 Å². The minimum atomic E-state index is 0.358. The SMILES string of the molecule is NC1CCCCC1c1ccncc1. The fourth-order valence-corrected chi connectivity index (χ4v) is 2.18. The molecule has 2 heteroatoms. The molecule has 1 aromatic heterocycles. The molecule has 1 aromatic rings. The molecule has 2 atom stereocenters. The maximum absolute atomic E-state index is 6.09. The summed E-state index contributed by atoms with van der Waals surface area (Å²) in [5, 5.41) is 0. The van der Waals surface area contributed by atoms with Gasteiger partial charge in [-0.1, -0.05) is 12.8 Å². The van der Waals surface area contributed by atoms with Gasteiger partial charge >= 0.3 is 0 Å². The molecule has 1 fully saturated rings. The number of rotatable bonds is 1. The van der Waals surface area contributed by atoms with Crippen molar-refractivity contribution in [1.82, 2.24) is 4.98 Å². The van der Waals surface area contributed by atoms with Crippen LogP contribution in [0, 0.1) is 0 Å². The Morgan fingerprint density at radius 2 is 1.85 bits per heavy atom. The fourth-order valence-electron chi connectivity index (χ4n) is 2.18. The van der Waals surface area contributed by atoms with Crippen molar-refractivity contribution in [2.45, 2.75) is 37.6 Å². The predicted molar refractivity (Wildman–Crippen MR) is 53.4 cm³/mol. The van der Waals surface area contributed by atoms with Crippen molar-refractivity contribution in [2.24, 2.45) is 5.73 Å². The van der Waals surface area contributed by atoms with Crippen molar-refractivity contribution < 1.29 is 0 Å². The van der Waals surface area contributed by atoms with E-state index in [1.54, 1.807) is 0 Å². The van der Waals surface area contributed by atoms with E-state index in [0.29, 0.717) is 12.0 Å². The Kier molecular flexibility index (Phi) is 2.60. The van der Waals surface area contributed by atoms with E-state index in [4.69, 9.17) is 5.73 Å². The summed E-state index contributed by atoms with van der Waals surface area (Å²) in [6.45, 7) is 0. The average molecular weight is 176 g/mol. The minimum absolute atomic E-state index is 0.358. The van der Waals surface area contributed by atoms with Crippen molar-refractivity contribution in [2.75, 3.05) is 0 Å². The predicted octanol–water partition coefficient (Wildman–Crippen LogP) is 2.07. The van der Waals surface area contributed by atoms with E-state index < -0.39 is 0 Å². The molecular formula is C11H16N2. The topological polar surface area (TPSA) is 38.9 Å². The Bertz CT molecular complexity index is 258. The van der Waals surface area contributed by atoms with Crippen LogP contribution in [0.2, 0.25) is 0 Å². The lowest BCUT2D eigenvalue weighted by Crippen LogP contribution is -2.31. The molecule has 0 aliphatic heterocycles. The molecule has 0 aromatic carbocycles. The standard InChI is InChI=1S/C11H16N2/c12-11-4-2-1-3-10(11)9-5-7-13-8-6-9/h5-8,10-11H,1-4,12H2. The second-order valence-corrected chi connectivity index (χ2v) is 3.84. The van der Waals surface area contributed by atoms with E-state index in [9.17, 15) is 0 Å². The summed E-state index contributed by atoms with van der Waals surface area (Å²) in [6, 6.07) is 4.54. The molecule has 1 aliphatic rings. The summed E-state index contributed by atoms with van der Waals surface area (Å²) in [6.07, 6.45) is 8.74. The third kappa shape index (κ3) is 1.89. The van der Waals surface area contributed by atoms with Gasteiger partial charge < -0.3 is 5.73 Å². The second kappa shape index (κ2) is 3.88. The zero-order valence-electron chi connectivity index (χ0n) is 7.82. The molecule has 1 aliphatic carbocycles. The van der Waals surface area contributed by atoms with Crippen LogP contribution in [0.15, 0.2) is 24.5 Å². The third-order valence-corrected chi connectivity index (χ3v) is 2.95. The highest BCUT2D eigenvalue weighted by atomic mass is 14.7. The van der Waals surface area contributed by atoms with Gasteiger partial charge in [0.2, 0.25) is 0 Å². The van der Waals surface area contributed by atoms with Crippen LogP contribution in [0.1, 0.15) is 37.2 Å². The minimum Gasteiger partial charge on any atom is -0.327 e. The molecule has 70 valence electrons. The van der Waals surface area contributed by atoms with Gasteiger partial charge in [0.15, 0.2) is 0 Å². The van der Waals surface area contributed by atoms with Crippen LogP contribution < -0.4 is 5.73 Å². The second-order valence-electron chi connectivity index (χ2n) is 3.84. The zero-order chi connectivity index (χ0) is 9.10. The number of hydrogen-bond donors (Lipinski definition) is 1. The van der Waals surface area contributed by atoms with Gasteiger partial charge in [-0.25, -0.2) is 0 Å². The number of nitrogens with two attached hydrogens (primary N) is 1. The van der Waals surface area contributed by atoms with Crippen LogP contribution in [-0.4, -0.2) is 11.0 Å². The Balaban J connectivity index is 2.15. The van der Waals surface area contributed by atoms with E-state index in [0.717, 1.165) is 0 Å². The summed E-state index contributed by atoms with van der Waals surface area (Å²) in [4.78, 5) is 4.02. The van der Waals surface area contributed by atoms with Gasteiger partial charge in [-0.05, 0) is 36.5 Å². The van der Waals surface area contributed by atoms with Crippen molar-refractivity contribution in [1.29, 1.82) is 0 Å². The van der Waals surface area contributed by atoms with Gasteiger partial charge in [0.05, 0.1) is 0 Å². The largest absolute Gasteiger partial charge is 0.327 e. The van der Waals surface area contributed by atoms with E-state index in [-0.39, 0.29) is 0 Å². The first-order valence-electron chi connectivity index (χ1n) is 5.03. The molecule has 0 amide bonds. The highest BCUT2D eigenvalue weighted by Gasteiger charge is 2.22. The van der Waals surface area contributed by atoms with Crippen LogP contribution in [0.3, 0.4) is 0 Å². The van der Waals surface area contributed by atoms with Crippen LogP contribution in [0.25, 0.3) is 0 Å². The van der Waals surface area contributed by atoms with Gasteiger partial charge in [0.25, 0.3) is 0 Å². The van der Waals surface area contributed by atoms with Crippen molar-refractivity contribution in [3.63, 3.8) is 0 Å². The normalized spacial score (nSPS) is 28.7. The fraction of sp³-hybridized carbons (Fsp3) is 0.545. The number of aromatic nitrogens is 1. The first kappa shape index (κ1) is 8.70. The third-order valence-electron chi connectivity index (χ3n) is 2.95. The van der Waals surface area contributed by atoms with Gasteiger partial charge in [-0.3, -0.25) is 4.98 Å². The molecule has 0 saturated heterocycles. The molecule has 1 heterocycles. The molecule has 1 saturated carbocycles. The van der Waals surface area contributed by atoms with Gasteiger partial charge in [-0.2, -0.15) is 0 Å². The Morgan fingerprint density at radius 1 is 1.15 bits per heavy atom. The highest BCUT2D eigenvalue weighted by molar-refractivity contribution is 5.18. The summed E-state index contributed by atoms with van der Waals surface area (Å²) < 4.78 is 0. The highest BCUT2D eigenvalue weighted by Crippen LogP contribution is 2.31. The Labute approximate surface area is 79.2 Å². The van der Waals surface area contributed by atoms with Crippen LogP contribution >= 0.6 is 0 Å². The van der Waals surface area contributed by atoms with E-state index in [1.165, 1.54) is 31.2 Å². The molecule has 2 N–H and O–H groups in total. The Morgan fingerprint density at radius 3 is 2.54 bits per heavy atom.